The topological polar surface area (TPSA) is 289 Å². The number of hydrogen-bond acceptors (Lipinski definition) is 16. The van der Waals surface area contributed by atoms with E-state index < -0.39 is 96.4 Å². The summed E-state index contributed by atoms with van der Waals surface area (Å²) in [5.74, 6) is -2.67. The van der Waals surface area contributed by atoms with Gasteiger partial charge < -0.3 is 24.1 Å². The third-order valence-electron chi connectivity index (χ3n) is 5.03. The zero-order chi connectivity index (χ0) is 31.0. The molecular weight excluding hydrogens is 703 g/mol. The first-order valence-electron chi connectivity index (χ1n) is 10.6. The van der Waals surface area contributed by atoms with Gasteiger partial charge in [0.25, 0.3) is 0 Å². The van der Waals surface area contributed by atoms with Gasteiger partial charge in [0.15, 0.2) is 15.6 Å². The van der Waals surface area contributed by atoms with Crippen molar-refractivity contribution in [1.82, 2.24) is 0 Å². The van der Waals surface area contributed by atoms with Crippen LogP contribution in [0.4, 0.5) is 17.1 Å². The number of amides is 1. The Hall–Kier alpha value is -0.570. The molecule has 0 atom stereocenters. The van der Waals surface area contributed by atoms with E-state index in [2.05, 4.69) is 19.7 Å². The van der Waals surface area contributed by atoms with E-state index in [1.54, 1.807) is 0 Å². The molecule has 0 fully saturated rings. The number of rotatable bonds is 10. The van der Waals surface area contributed by atoms with Crippen molar-refractivity contribution in [2.75, 3.05) is 17.7 Å². The number of anilines is 1. The minimum Gasteiger partial charge on any atom is -0.744 e. The number of sulfone groups is 1. The number of nitrogens with zero attached hydrogens (tertiary/aromatic N) is 2. The molecule has 0 aromatic heterocycles. The SMILES string of the molecule is CC(=O)Nc1cc(S(=O)(=O)[O-])cc2cc(S(=O)(=O)[O-])c(N=Nc3ccc(S(=O)(=O)CCOS(=O)(=O)[O-])cc3)c(O)c12.[Na+].[Na+].[Na+]. The van der Waals surface area contributed by atoms with Gasteiger partial charge in [0.1, 0.15) is 25.9 Å². The Morgan fingerprint density at radius 2 is 1.41 bits per heavy atom. The van der Waals surface area contributed by atoms with Gasteiger partial charge in [-0.3, -0.25) is 8.98 Å². The number of benzene rings is 3. The van der Waals surface area contributed by atoms with Crippen molar-refractivity contribution in [2.45, 2.75) is 21.6 Å². The molecule has 3 aromatic rings. The Bertz CT molecular complexity index is 2020. The number of phenolic OH excluding ortho intramolecular Hbond substituents is 1. The fourth-order valence-corrected chi connectivity index (χ4v) is 6.03. The maximum atomic E-state index is 12.3. The Morgan fingerprint density at radius 3 is 1.89 bits per heavy atom. The fraction of sp³-hybridized carbons (Fsp3) is 0.150. The molecule has 24 heteroatoms. The molecule has 0 aliphatic carbocycles. The third-order valence-corrected chi connectivity index (χ3v) is 8.85. The van der Waals surface area contributed by atoms with E-state index in [4.69, 9.17) is 0 Å². The van der Waals surface area contributed by atoms with Gasteiger partial charge in [-0.15, -0.1) is 5.11 Å². The standard InChI is InChI=1S/C20H19N3O14S4.3Na/c1-11(24)21-16-10-15(39(28,29)30)8-12-9-17(40(31,32)33)19(20(25)18(12)16)23-22-13-2-4-14(5-3-13)38(26,27)7-6-37-41(34,35)36;;;/h2-5,8-10,25H,6-7H2,1H3,(H,21,24)(H,28,29,30)(H,31,32,33)(H,34,35,36);;;/q;3*+1/p-3. The molecule has 1 amide bonds. The monoisotopic (exact) mass is 719 g/mol. The third kappa shape index (κ3) is 11.6. The summed E-state index contributed by atoms with van der Waals surface area (Å²) in [6.45, 7) is 0.0764. The number of azo groups is 1. The number of aromatic hydroxyl groups is 1. The molecule has 0 bridgehead atoms. The molecule has 0 aliphatic rings. The van der Waals surface area contributed by atoms with Gasteiger partial charge in [-0.2, -0.15) is 5.11 Å². The maximum absolute atomic E-state index is 12.3. The first-order valence-corrected chi connectivity index (χ1v) is 16.4. The van der Waals surface area contributed by atoms with E-state index in [1.807, 2.05) is 0 Å². The smallest absolute Gasteiger partial charge is 0.744 e. The molecule has 0 spiro atoms. The number of carbonyl (C=O) groups excluding carboxylic acids is 1. The number of hydrogen-bond donors (Lipinski definition) is 2. The van der Waals surface area contributed by atoms with Crippen LogP contribution < -0.4 is 94.0 Å². The summed E-state index contributed by atoms with van der Waals surface area (Å²) in [7, 11) is -19.8. The Balaban J connectivity index is 0.00000616. The van der Waals surface area contributed by atoms with E-state index in [0.29, 0.717) is 18.2 Å². The van der Waals surface area contributed by atoms with Crippen molar-refractivity contribution >= 4 is 74.2 Å². The summed E-state index contributed by atoms with van der Waals surface area (Å²) < 4.78 is 130. The van der Waals surface area contributed by atoms with Crippen LogP contribution in [0.2, 0.25) is 0 Å². The largest absolute Gasteiger partial charge is 1.00 e. The predicted molar refractivity (Wildman–Crippen MR) is 134 cm³/mol. The minimum atomic E-state index is -5.42. The summed E-state index contributed by atoms with van der Waals surface area (Å²) in [4.78, 5) is 9.23. The van der Waals surface area contributed by atoms with Gasteiger partial charge in [0.2, 0.25) is 16.3 Å². The zero-order valence-corrected chi connectivity index (χ0v) is 32.5. The van der Waals surface area contributed by atoms with E-state index in [9.17, 15) is 57.2 Å². The predicted octanol–water partition coefficient (Wildman–Crippen LogP) is -8.01. The van der Waals surface area contributed by atoms with Crippen LogP contribution in [-0.4, -0.2) is 70.7 Å². The number of nitrogens with one attached hydrogen (secondary N) is 1. The van der Waals surface area contributed by atoms with Gasteiger partial charge in [-0.1, -0.05) is 0 Å². The van der Waals surface area contributed by atoms with E-state index >= 15 is 0 Å². The maximum Gasteiger partial charge on any atom is 1.00 e. The molecule has 3 rings (SSSR count). The fourth-order valence-electron chi connectivity index (χ4n) is 3.37. The zero-order valence-electron chi connectivity index (χ0n) is 23.2. The molecular formula is C20H16N3Na3O14S4. The average Bonchev–Trinajstić information content (AvgIpc) is 2.80. The molecule has 3 aromatic carbocycles. The molecule has 2 N–H and O–H groups in total. The summed E-state index contributed by atoms with van der Waals surface area (Å²) in [5, 5.41) is 19.5. The first-order chi connectivity index (χ1) is 18.7. The quantitative estimate of drug-likeness (QED) is 0.0852. The molecule has 0 radical (unpaired) electrons. The van der Waals surface area contributed by atoms with Gasteiger partial charge in [0, 0.05) is 12.3 Å². The Morgan fingerprint density at radius 1 is 0.841 bits per heavy atom. The van der Waals surface area contributed by atoms with Crippen LogP contribution in [0.15, 0.2) is 67.4 Å². The summed E-state index contributed by atoms with van der Waals surface area (Å²) in [6, 6.07) is 6.13. The van der Waals surface area contributed by atoms with Crippen LogP contribution in [0.3, 0.4) is 0 Å². The molecule has 0 unspecified atom stereocenters. The molecule has 0 heterocycles. The second kappa shape index (κ2) is 16.5. The van der Waals surface area contributed by atoms with Crippen LogP contribution in [0.1, 0.15) is 6.92 Å². The van der Waals surface area contributed by atoms with Crippen LogP contribution >= 0.6 is 0 Å². The van der Waals surface area contributed by atoms with Crippen LogP contribution in [0, 0.1) is 0 Å². The molecule has 17 nitrogen and oxygen atoms in total. The molecule has 0 saturated heterocycles. The second-order valence-corrected chi connectivity index (χ2v) is 13.9. The number of phenols is 1. The van der Waals surface area contributed by atoms with Crippen LogP contribution in [0.5, 0.6) is 5.75 Å². The summed E-state index contributed by atoms with van der Waals surface area (Å²) >= 11 is 0. The van der Waals surface area contributed by atoms with Crippen molar-refractivity contribution in [3.05, 3.63) is 42.5 Å². The van der Waals surface area contributed by atoms with E-state index in [1.165, 1.54) is 0 Å². The number of fused-ring (bicyclic) bond motifs is 1. The van der Waals surface area contributed by atoms with Crippen molar-refractivity contribution in [3.8, 4) is 5.75 Å². The van der Waals surface area contributed by atoms with Gasteiger partial charge in [0.05, 0.1) is 38.4 Å². The second-order valence-electron chi connectivity index (χ2n) is 7.97. The molecule has 0 aliphatic heterocycles. The van der Waals surface area contributed by atoms with Crippen molar-refractivity contribution in [2.24, 2.45) is 10.2 Å². The van der Waals surface area contributed by atoms with Crippen LogP contribution in [-0.2, 0) is 49.5 Å². The Kier molecular flexibility index (Phi) is 16.3. The molecule has 222 valence electrons. The number of carbonyl (C=O) groups is 1. The van der Waals surface area contributed by atoms with E-state index in [-0.39, 0.29) is 99.3 Å². The van der Waals surface area contributed by atoms with E-state index in [0.717, 1.165) is 31.2 Å². The summed E-state index contributed by atoms with van der Waals surface area (Å²) in [6.07, 6.45) is 0. The van der Waals surface area contributed by atoms with Gasteiger partial charge in [-0.25, -0.2) is 33.7 Å². The minimum absolute atomic E-state index is 0. The summed E-state index contributed by atoms with van der Waals surface area (Å²) in [5.41, 5.74) is -1.49. The van der Waals surface area contributed by atoms with Gasteiger partial charge in [-0.05, 0) is 47.9 Å². The normalized spacial score (nSPS) is 12.2. The Labute approximate surface area is 318 Å². The van der Waals surface area contributed by atoms with Gasteiger partial charge >= 0.3 is 88.7 Å². The molecule has 44 heavy (non-hydrogen) atoms. The van der Waals surface area contributed by atoms with Crippen molar-refractivity contribution in [1.29, 1.82) is 0 Å². The van der Waals surface area contributed by atoms with Crippen LogP contribution in [0.25, 0.3) is 10.8 Å². The average molecular weight is 720 g/mol. The van der Waals surface area contributed by atoms with Crippen molar-refractivity contribution < 1.29 is 150 Å². The molecule has 0 saturated carbocycles. The van der Waals surface area contributed by atoms with Crippen molar-refractivity contribution in [3.63, 3.8) is 0 Å². The first kappa shape index (κ1) is 43.4.